The van der Waals surface area contributed by atoms with Crippen molar-refractivity contribution in [2.24, 2.45) is 5.10 Å². The Bertz CT molecular complexity index is 1150. The quantitative estimate of drug-likeness (QED) is 0.126. The molecule has 0 saturated carbocycles. The molecule has 0 saturated heterocycles. The highest BCUT2D eigenvalue weighted by Gasteiger charge is 2.09. The molecule has 0 aromatic heterocycles. The van der Waals surface area contributed by atoms with Crippen molar-refractivity contribution in [3.63, 3.8) is 0 Å². The molecule has 3 aromatic carbocycles. The van der Waals surface area contributed by atoms with E-state index in [0.29, 0.717) is 16.6 Å². The summed E-state index contributed by atoms with van der Waals surface area (Å²) < 4.78 is 15.9. The van der Waals surface area contributed by atoms with Gasteiger partial charge in [-0.15, -0.1) is 0 Å². The fraction of sp³-hybridized carbons (Fsp3) is 0.0800. The van der Waals surface area contributed by atoms with Crippen LogP contribution in [0, 0.1) is 0 Å². The first-order valence-electron chi connectivity index (χ1n) is 9.94. The van der Waals surface area contributed by atoms with Crippen LogP contribution in [0.5, 0.6) is 17.2 Å². The molecule has 0 spiro atoms. The molecule has 0 aliphatic carbocycles. The Balaban J connectivity index is 1.55. The number of esters is 1. The Kier molecular flexibility index (Phi) is 8.55. The number of benzene rings is 3. The van der Waals surface area contributed by atoms with Crippen molar-refractivity contribution in [2.45, 2.75) is 0 Å². The van der Waals surface area contributed by atoms with Gasteiger partial charge >= 0.3 is 5.97 Å². The molecular weight excluding hydrogens is 438 g/mol. The predicted octanol–water partition coefficient (Wildman–Crippen LogP) is 4.64. The maximum atomic E-state index is 12.1. The van der Waals surface area contributed by atoms with Gasteiger partial charge in [0.05, 0.1) is 20.4 Å². The SMILES string of the molecule is COc1ccc(NC(=S)N/N=C\c2ccc(OC(=O)/C=C/c3ccccc3)c(OC)c2)cc1. The Labute approximate surface area is 197 Å². The number of thiocarbonyl (C=S) groups is 1. The number of ether oxygens (including phenoxy) is 3. The van der Waals surface area contributed by atoms with E-state index in [1.165, 1.54) is 13.2 Å². The maximum absolute atomic E-state index is 12.1. The Morgan fingerprint density at radius 2 is 1.67 bits per heavy atom. The second-order valence-corrected chi connectivity index (χ2v) is 7.04. The van der Waals surface area contributed by atoms with E-state index in [9.17, 15) is 4.79 Å². The molecule has 3 rings (SSSR count). The second kappa shape index (κ2) is 12.0. The summed E-state index contributed by atoms with van der Waals surface area (Å²) in [5.41, 5.74) is 5.18. The van der Waals surface area contributed by atoms with Crippen LogP contribution in [0.1, 0.15) is 11.1 Å². The van der Waals surface area contributed by atoms with Crippen LogP contribution < -0.4 is 25.0 Å². The third-order valence-electron chi connectivity index (χ3n) is 4.34. The average molecular weight is 462 g/mol. The number of rotatable bonds is 8. The van der Waals surface area contributed by atoms with Crippen LogP contribution in [-0.2, 0) is 4.79 Å². The molecule has 33 heavy (non-hydrogen) atoms. The molecule has 0 fully saturated rings. The first-order valence-corrected chi connectivity index (χ1v) is 10.4. The minimum Gasteiger partial charge on any atom is -0.497 e. The second-order valence-electron chi connectivity index (χ2n) is 6.63. The highest BCUT2D eigenvalue weighted by molar-refractivity contribution is 7.80. The Morgan fingerprint density at radius 1 is 0.909 bits per heavy atom. The normalized spacial score (nSPS) is 10.7. The molecule has 2 N–H and O–H groups in total. The number of hydrazone groups is 1. The topological polar surface area (TPSA) is 81.2 Å². The number of hydrogen-bond donors (Lipinski definition) is 2. The van der Waals surface area contributed by atoms with Gasteiger partial charge in [-0.1, -0.05) is 30.3 Å². The first kappa shape index (κ1) is 23.5. The number of carbonyl (C=O) groups is 1. The summed E-state index contributed by atoms with van der Waals surface area (Å²) >= 11 is 5.23. The van der Waals surface area contributed by atoms with Gasteiger partial charge in [0.15, 0.2) is 16.6 Å². The van der Waals surface area contributed by atoms with E-state index in [-0.39, 0.29) is 0 Å². The molecule has 0 aliphatic rings. The van der Waals surface area contributed by atoms with Gasteiger partial charge in [-0.2, -0.15) is 5.10 Å². The van der Waals surface area contributed by atoms with Gasteiger partial charge in [0.2, 0.25) is 0 Å². The summed E-state index contributed by atoms with van der Waals surface area (Å²) in [7, 11) is 3.11. The smallest absolute Gasteiger partial charge is 0.336 e. The molecule has 7 nitrogen and oxygen atoms in total. The van der Waals surface area contributed by atoms with Crippen LogP contribution in [-0.4, -0.2) is 31.5 Å². The van der Waals surface area contributed by atoms with Gasteiger partial charge in [-0.3, -0.25) is 5.43 Å². The van der Waals surface area contributed by atoms with Crippen molar-refractivity contribution >= 4 is 41.3 Å². The van der Waals surface area contributed by atoms with Crippen LogP contribution >= 0.6 is 12.2 Å². The summed E-state index contributed by atoms with van der Waals surface area (Å²) in [5, 5.41) is 7.47. The number of nitrogens with zero attached hydrogens (tertiary/aromatic N) is 1. The first-order chi connectivity index (χ1) is 16.1. The van der Waals surface area contributed by atoms with Crippen LogP contribution in [0.15, 0.2) is 84.0 Å². The van der Waals surface area contributed by atoms with E-state index in [2.05, 4.69) is 15.8 Å². The Hall–Kier alpha value is -4.17. The van der Waals surface area contributed by atoms with Gasteiger partial charge in [-0.25, -0.2) is 4.79 Å². The lowest BCUT2D eigenvalue weighted by molar-refractivity contribution is -0.129. The number of anilines is 1. The van der Waals surface area contributed by atoms with Crippen LogP contribution in [0.4, 0.5) is 5.69 Å². The molecule has 3 aromatic rings. The molecule has 168 valence electrons. The average Bonchev–Trinajstić information content (AvgIpc) is 2.84. The Morgan fingerprint density at radius 3 is 2.36 bits per heavy atom. The van der Waals surface area contributed by atoms with E-state index < -0.39 is 5.97 Å². The number of carbonyl (C=O) groups excluding carboxylic acids is 1. The third-order valence-corrected chi connectivity index (χ3v) is 4.53. The monoisotopic (exact) mass is 461 g/mol. The molecule has 0 amide bonds. The summed E-state index contributed by atoms with van der Waals surface area (Å²) in [5.74, 6) is 0.962. The van der Waals surface area contributed by atoms with Crippen LogP contribution in [0.3, 0.4) is 0 Å². The van der Waals surface area contributed by atoms with Crippen LogP contribution in [0.25, 0.3) is 6.08 Å². The summed E-state index contributed by atoms with van der Waals surface area (Å²) in [6.07, 6.45) is 4.63. The highest BCUT2D eigenvalue weighted by atomic mass is 32.1. The van der Waals surface area contributed by atoms with Gasteiger partial charge < -0.3 is 19.5 Å². The molecule has 0 heterocycles. The highest BCUT2D eigenvalue weighted by Crippen LogP contribution is 2.27. The zero-order chi connectivity index (χ0) is 23.5. The van der Waals surface area contributed by atoms with E-state index in [1.54, 1.807) is 37.6 Å². The predicted molar refractivity (Wildman–Crippen MR) is 134 cm³/mol. The summed E-state index contributed by atoms with van der Waals surface area (Å²) in [4.78, 5) is 12.1. The molecular formula is C25H23N3O4S. The summed E-state index contributed by atoms with van der Waals surface area (Å²) in [6.45, 7) is 0. The lowest BCUT2D eigenvalue weighted by atomic mass is 10.2. The largest absolute Gasteiger partial charge is 0.497 e. The third kappa shape index (κ3) is 7.48. The lowest BCUT2D eigenvalue weighted by Gasteiger charge is -2.09. The zero-order valence-electron chi connectivity index (χ0n) is 18.1. The van der Waals surface area contributed by atoms with Crippen molar-refractivity contribution in [3.05, 3.63) is 90.0 Å². The van der Waals surface area contributed by atoms with E-state index in [0.717, 1.165) is 22.6 Å². The lowest BCUT2D eigenvalue weighted by Crippen LogP contribution is -2.23. The van der Waals surface area contributed by atoms with E-state index in [4.69, 9.17) is 26.4 Å². The molecule has 0 unspecified atom stereocenters. The van der Waals surface area contributed by atoms with Crippen LogP contribution in [0.2, 0.25) is 0 Å². The number of methoxy groups -OCH3 is 2. The standard InChI is InChI=1S/C25H23N3O4S/c1-30-21-12-10-20(11-13-21)27-25(33)28-26-17-19-8-14-22(23(16-19)31-2)32-24(29)15-9-18-6-4-3-5-7-18/h3-17H,1-2H3,(H2,27,28,33)/b15-9+,26-17-. The molecule has 0 bridgehead atoms. The van der Waals surface area contributed by atoms with Crippen molar-refractivity contribution in [3.8, 4) is 17.2 Å². The summed E-state index contributed by atoms with van der Waals surface area (Å²) in [6, 6.07) is 21.9. The van der Waals surface area contributed by atoms with Crippen molar-refractivity contribution in [1.82, 2.24) is 5.43 Å². The molecule has 0 radical (unpaired) electrons. The van der Waals surface area contributed by atoms with Crippen molar-refractivity contribution < 1.29 is 19.0 Å². The molecule has 0 atom stereocenters. The number of hydrogen-bond acceptors (Lipinski definition) is 6. The minimum atomic E-state index is -0.504. The van der Waals surface area contributed by atoms with Gasteiger partial charge in [0.25, 0.3) is 0 Å². The minimum absolute atomic E-state index is 0.307. The van der Waals surface area contributed by atoms with E-state index >= 15 is 0 Å². The number of nitrogens with one attached hydrogen (secondary N) is 2. The van der Waals surface area contributed by atoms with Crippen molar-refractivity contribution in [2.75, 3.05) is 19.5 Å². The van der Waals surface area contributed by atoms with E-state index in [1.807, 2.05) is 54.6 Å². The molecule has 0 aliphatic heterocycles. The zero-order valence-corrected chi connectivity index (χ0v) is 19.0. The van der Waals surface area contributed by atoms with Gasteiger partial charge in [-0.05, 0) is 71.9 Å². The van der Waals surface area contributed by atoms with Gasteiger partial charge in [0, 0.05) is 11.8 Å². The molecule has 8 heteroatoms. The van der Waals surface area contributed by atoms with Crippen molar-refractivity contribution in [1.29, 1.82) is 0 Å². The van der Waals surface area contributed by atoms with Gasteiger partial charge in [0.1, 0.15) is 5.75 Å². The fourth-order valence-electron chi connectivity index (χ4n) is 2.72. The maximum Gasteiger partial charge on any atom is 0.336 e. The fourth-order valence-corrected chi connectivity index (χ4v) is 2.89.